The lowest BCUT2D eigenvalue weighted by Crippen LogP contribution is -2.44. The van der Waals surface area contributed by atoms with Gasteiger partial charge < -0.3 is 0 Å². The number of unbranched alkanes of at least 4 members (excludes halogenated alkanes) is 1. The normalized spacial score (nSPS) is 18.3. The van der Waals surface area contributed by atoms with Crippen LogP contribution in [0.15, 0.2) is 38.8 Å². The van der Waals surface area contributed by atoms with Gasteiger partial charge in [-0.25, -0.2) is 14.2 Å². The SMILES string of the molecule is CC1=Nc2c(c(=O)n(C)c(=O)n2C)C(c2cccc(F)c2)C1C(=O)CCCCCl. The van der Waals surface area contributed by atoms with E-state index in [1.54, 1.807) is 19.1 Å². The summed E-state index contributed by atoms with van der Waals surface area (Å²) in [5.41, 5.74) is 0.224. The Morgan fingerprint density at radius 1 is 1.21 bits per heavy atom. The lowest BCUT2D eigenvalue weighted by Gasteiger charge is -2.32. The molecule has 0 aliphatic carbocycles. The summed E-state index contributed by atoms with van der Waals surface area (Å²) in [4.78, 5) is 43.0. The van der Waals surface area contributed by atoms with E-state index in [1.807, 2.05) is 0 Å². The van der Waals surface area contributed by atoms with E-state index in [0.29, 0.717) is 30.0 Å². The molecule has 0 N–H and O–H groups in total. The van der Waals surface area contributed by atoms with Gasteiger partial charge in [0.1, 0.15) is 17.4 Å². The number of hydrogen-bond donors (Lipinski definition) is 0. The molecular formula is C21H23ClFN3O3. The van der Waals surface area contributed by atoms with Crippen molar-refractivity contribution >= 4 is 28.9 Å². The Morgan fingerprint density at radius 3 is 2.59 bits per heavy atom. The predicted molar refractivity (Wildman–Crippen MR) is 111 cm³/mol. The Balaban J connectivity index is 2.26. The van der Waals surface area contributed by atoms with E-state index in [9.17, 15) is 18.8 Å². The van der Waals surface area contributed by atoms with Crippen LogP contribution in [0.1, 0.15) is 43.2 Å². The van der Waals surface area contributed by atoms with Crippen molar-refractivity contribution in [1.29, 1.82) is 0 Å². The van der Waals surface area contributed by atoms with Crippen molar-refractivity contribution in [3.8, 4) is 0 Å². The summed E-state index contributed by atoms with van der Waals surface area (Å²) in [6.45, 7) is 1.71. The van der Waals surface area contributed by atoms with Crippen molar-refractivity contribution in [3.63, 3.8) is 0 Å². The van der Waals surface area contributed by atoms with Crippen LogP contribution in [0.2, 0.25) is 0 Å². The van der Waals surface area contributed by atoms with Crippen molar-refractivity contribution in [2.75, 3.05) is 5.88 Å². The Kier molecular flexibility index (Phi) is 6.17. The van der Waals surface area contributed by atoms with Gasteiger partial charge >= 0.3 is 5.69 Å². The topological polar surface area (TPSA) is 73.4 Å². The summed E-state index contributed by atoms with van der Waals surface area (Å²) in [5, 5.41) is 0. The number of fused-ring (bicyclic) bond motifs is 1. The zero-order valence-electron chi connectivity index (χ0n) is 16.6. The molecule has 0 bridgehead atoms. The Hall–Kier alpha value is -2.54. The molecule has 2 unspecified atom stereocenters. The summed E-state index contributed by atoms with van der Waals surface area (Å²) < 4.78 is 16.3. The fourth-order valence-corrected chi connectivity index (χ4v) is 4.13. The van der Waals surface area contributed by atoms with Crippen molar-refractivity contribution in [2.45, 2.75) is 32.1 Å². The van der Waals surface area contributed by atoms with Gasteiger partial charge in [0, 0.05) is 38.0 Å². The average molecular weight is 420 g/mol. The molecule has 29 heavy (non-hydrogen) atoms. The molecule has 1 aliphatic heterocycles. The minimum atomic E-state index is -0.716. The van der Waals surface area contributed by atoms with Crippen LogP contribution in [0, 0.1) is 11.7 Å². The van der Waals surface area contributed by atoms with Gasteiger partial charge in [-0.2, -0.15) is 0 Å². The van der Waals surface area contributed by atoms with Gasteiger partial charge in [0.15, 0.2) is 0 Å². The van der Waals surface area contributed by atoms with E-state index in [1.165, 1.54) is 30.8 Å². The highest BCUT2D eigenvalue weighted by molar-refractivity contribution is 6.17. The van der Waals surface area contributed by atoms with Crippen LogP contribution in [0.5, 0.6) is 0 Å². The number of aromatic nitrogens is 2. The molecule has 0 fully saturated rings. The number of alkyl halides is 1. The van der Waals surface area contributed by atoms with E-state index in [4.69, 9.17) is 11.6 Å². The first kappa shape index (κ1) is 21.2. The van der Waals surface area contributed by atoms with Gasteiger partial charge in [-0.1, -0.05) is 12.1 Å². The van der Waals surface area contributed by atoms with E-state index >= 15 is 0 Å². The first-order valence-corrected chi connectivity index (χ1v) is 10.0. The molecule has 0 radical (unpaired) electrons. The van der Waals surface area contributed by atoms with Crippen LogP contribution in [0.3, 0.4) is 0 Å². The van der Waals surface area contributed by atoms with Gasteiger partial charge in [-0.3, -0.25) is 18.7 Å². The number of nitrogens with zero attached hydrogens (tertiary/aromatic N) is 3. The number of benzene rings is 1. The number of Topliss-reactive ketones (excluding diaryl/α,β-unsaturated/α-hetero) is 1. The first-order valence-electron chi connectivity index (χ1n) is 9.47. The van der Waals surface area contributed by atoms with E-state index < -0.39 is 28.9 Å². The highest BCUT2D eigenvalue weighted by atomic mass is 35.5. The van der Waals surface area contributed by atoms with Crippen LogP contribution < -0.4 is 11.2 Å². The van der Waals surface area contributed by atoms with Gasteiger partial charge in [0.05, 0.1) is 11.5 Å². The molecule has 2 atom stereocenters. The van der Waals surface area contributed by atoms with Crippen LogP contribution >= 0.6 is 11.6 Å². The van der Waals surface area contributed by atoms with Gasteiger partial charge in [0.2, 0.25) is 0 Å². The molecule has 0 saturated carbocycles. The second kappa shape index (κ2) is 8.45. The summed E-state index contributed by atoms with van der Waals surface area (Å²) in [7, 11) is 2.92. The van der Waals surface area contributed by atoms with Gasteiger partial charge in [-0.05, 0) is 37.5 Å². The van der Waals surface area contributed by atoms with Crippen molar-refractivity contribution < 1.29 is 9.18 Å². The minimum Gasteiger partial charge on any atom is -0.299 e. The molecule has 1 aliphatic rings. The number of ketones is 1. The van der Waals surface area contributed by atoms with Crippen LogP contribution in [0.25, 0.3) is 0 Å². The summed E-state index contributed by atoms with van der Waals surface area (Å²) in [6, 6.07) is 5.88. The molecule has 0 spiro atoms. The summed E-state index contributed by atoms with van der Waals surface area (Å²) in [6.07, 6.45) is 1.62. The number of carbonyl (C=O) groups excluding carboxylic acids is 1. The van der Waals surface area contributed by atoms with E-state index in [-0.39, 0.29) is 23.6 Å². The fraction of sp³-hybridized carbons (Fsp3) is 0.429. The lowest BCUT2D eigenvalue weighted by atomic mass is 9.74. The molecule has 8 heteroatoms. The maximum Gasteiger partial charge on any atom is 0.332 e. The summed E-state index contributed by atoms with van der Waals surface area (Å²) in [5.74, 6) is -1.28. The monoisotopic (exact) mass is 419 g/mol. The van der Waals surface area contributed by atoms with Crippen molar-refractivity contribution in [3.05, 3.63) is 62.0 Å². The Morgan fingerprint density at radius 2 is 1.93 bits per heavy atom. The third kappa shape index (κ3) is 3.83. The minimum absolute atomic E-state index is 0.0767. The molecule has 6 nitrogen and oxygen atoms in total. The second-order valence-electron chi connectivity index (χ2n) is 7.32. The Bertz CT molecular complexity index is 1100. The van der Waals surface area contributed by atoms with Gasteiger partial charge in [0.25, 0.3) is 5.56 Å². The number of rotatable bonds is 6. The third-order valence-corrected chi connectivity index (χ3v) is 5.67. The quantitative estimate of drug-likeness (QED) is 0.533. The zero-order valence-corrected chi connectivity index (χ0v) is 17.4. The average Bonchev–Trinajstić information content (AvgIpc) is 2.69. The second-order valence-corrected chi connectivity index (χ2v) is 7.70. The highest BCUT2D eigenvalue weighted by Gasteiger charge is 2.40. The number of carbonyl (C=O) groups is 1. The molecule has 3 rings (SSSR count). The molecule has 0 amide bonds. The zero-order chi connectivity index (χ0) is 21.3. The maximum absolute atomic E-state index is 14.0. The van der Waals surface area contributed by atoms with Gasteiger partial charge in [-0.15, -0.1) is 11.6 Å². The predicted octanol–water partition coefficient (Wildman–Crippen LogP) is 3.06. The molecule has 2 heterocycles. The number of halogens is 2. The molecular weight excluding hydrogens is 397 g/mol. The van der Waals surface area contributed by atoms with E-state index in [0.717, 1.165) is 4.57 Å². The number of hydrogen-bond acceptors (Lipinski definition) is 4. The largest absolute Gasteiger partial charge is 0.332 e. The molecule has 1 aromatic carbocycles. The van der Waals surface area contributed by atoms with Crippen molar-refractivity contribution in [2.24, 2.45) is 25.0 Å². The van der Waals surface area contributed by atoms with Crippen molar-refractivity contribution in [1.82, 2.24) is 9.13 Å². The van der Waals surface area contributed by atoms with Crippen LogP contribution in [-0.4, -0.2) is 26.5 Å². The molecule has 1 aromatic heterocycles. The molecule has 2 aromatic rings. The molecule has 0 saturated heterocycles. The third-order valence-electron chi connectivity index (χ3n) is 5.41. The van der Waals surface area contributed by atoms with Crippen LogP contribution in [-0.2, 0) is 18.9 Å². The smallest absolute Gasteiger partial charge is 0.299 e. The lowest BCUT2D eigenvalue weighted by molar-refractivity contribution is -0.121. The molecule has 154 valence electrons. The summed E-state index contributed by atoms with van der Waals surface area (Å²) >= 11 is 5.73. The highest BCUT2D eigenvalue weighted by Crippen LogP contribution is 2.41. The van der Waals surface area contributed by atoms with Crippen LogP contribution in [0.4, 0.5) is 10.2 Å². The number of aliphatic imine (C=N–C) groups is 1. The standard InChI is InChI=1S/C21H23ClFN3O3/c1-12-16(15(27)9-4-5-10-22)17(13-7-6-8-14(23)11-13)18-19(24-12)25(2)21(29)26(3)20(18)28/h6-8,11,16-17H,4-5,9-10H2,1-3H3. The first-order chi connectivity index (χ1) is 13.8. The Labute approximate surface area is 172 Å². The fourth-order valence-electron chi connectivity index (χ4n) is 3.94. The maximum atomic E-state index is 14.0. The van der Waals surface area contributed by atoms with E-state index in [2.05, 4.69) is 4.99 Å².